The normalized spacial score (nSPS) is 17.1. The van der Waals surface area contributed by atoms with Crippen molar-refractivity contribution in [3.63, 3.8) is 0 Å². The van der Waals surface area contributed by atoms with Crippen molar-refractivity contribution in [3.8, 4) is 0 Å². The largest absolute Gasteiger partial charge is 0.371 e. The van der Waals surface area contributed by atoms with Gasteiger partial charge in [-0.2, -0.15) is 5.10 Å². The minimum Gasteiger partial charge on any atom is -0.371 e. The lowest BCUT2D eigenvalue weighted by Crippen LogP contribution is -2.40. The van der Waals surface area contributed by atoms with Crippen LogP contribution < -0.4 is 15.5 Å². The summed E-state index contributed by atoms with van der Waals surface area (Å²) in [6.45, 7) is 12.9. The summed E-state index contributed by atoms with van der Waals surface area (Å²) in [5, 5.41) is 12.2. The lowest BCUT2D eigenvalue weighted by Gasteiger charge is -2.21. The summed E-state index contributed by atoms with van der Waals surface area (Å²) >= 11 is 6.21. The van der Waals surface area contributed by atoms with E-state index in [-0.39, 0.29) is 0 Å². The molecule has 0 spiro atoms. The van der Waals surface area contributed by atoms with Crippen molar-refractivity contribution in [2.45, 2.75) is 40.7 Å². The first-order valence-corrected chi connectivity index (χ1v) is 10.8. The van der Waals surface area contributed by atoms with Gasteiger partial charge in [-0.1, -0.05) is 17.7 Å². The number of halogens is 1. The Labute approximate surface area is 179 Å². The highest BCUT2D eigenvalue weighted by molar-refractivity contribution is 6.30. The molecule has 0 amide bonds. The van der Waals surface area contributed by atoms with Gasteiger partial charge in [0, 0.05) is 55.2 Å². The summed E-state index contributed by atoms with van der Waals surface area (Å²) in [6.07, 6.45) is 1.17. The Kier molecular flexibility index (Phi) is 7.06. The molecule has 1 fully saturated rings. The van der Waals surface area contributed by atoms with E-state index < -0.39 is 0 Å². The number of nitrogens with one attached hydrogen (secondary N) is 2. The predicted molar refractivity (Wildman–Crippen MR) is 122 cm³/mol. The van der Waals surface area contributed by atoms with Gasteiger partial charge in [-0.25, -0.2) is 4.99 Å². The Bertz CT molecular complexity index is 872. The number of hydrogen-bond acceptors (Lipinski definition) is 3. The Hall–Kier alpha value is -2.21. The SMILES string of the molecule is CCNC(=NCc1c(C)nn(C)c1C)NCC1CCN(c2cc(Cl)ccc2C)C1. The fourth-order valence-corrected chi connectivity index (χ4v) is 4.09. The molecule has 1 aliphatic rings. The molecule has 1 aromatic carbocycles. The average molecular weight is 417 g/mol. The van der Waals surface area contributed by atoms with Gasteiger partial charge in [-0.3, -0.25) is 4.68 Å². The smallest absolute Gasteiger partial charge is 0.191 e. The van der Waals surface area contributed by atoms with Gasteiger partial charge in [0.25, 0.3) is 0 Å². The first-order valence-electron chi connectivity index (χ1n) is 10.4. The number of aliphatic imine (C=N–C) groups is 1. The van der Waals surface area contributed by atoms with Crippen LogP contribution in [-0.2, 0) is 13.6 Å². The zero-order valence-corrected chi connectivity index (χ0v) is 19.0. The highest BCUT2D eigenvalue weighted by Crippen LogP contribution is 2.29. The molecule has 6 nitrogen and oxygen atoms in total. The first-order chi connectivity index (χ1) is 13.9. The Morgan fingerprint density at radius 1 is 1.28 bits per heavy atom. The zero-order chi connectivity index (χ0) is 21.0. The first kappa shape index (κ1) is 21.5. The Morgan fingerprint density at radius 2 is 2.07 bits per heavy atom. The number of benzene rings is 1. The number of hydrogen-bond donors (Lipinski definition) is 2. The van der Waals surface area contributed by atoms with Crippen molar-refractivity contribution in [1.29, 1.82) is 0 Å². The molecule has 2 N–H and O–H groups in total. The van der Waals surface area contributed by atoms with Gasteiger partial charge < -0.3 is 15.5 Å². The highest BCUT2D eigenvalue weighted by atomic mass is 35.5. The van der Waals surface area contributed by atoms with E-state index in [0.717, 1.165) is 42.9 Å². The third kappa shape index (κ3) is 5.24. The number of aromatic nitrogens is 2. The van der Waals surface area contributed by atoms with Gasteiger partial charge in [-0.05, 0) is 57.7 Å². The summed E-state index contributed by atoms with van der Waals surface area (Å²) in [5.41, 5.74) is 5.95. The maximum absolute atomic E-state index is 6.21. The van der Waals surface area contributed by atoms with Crippen molar-refractivity contribution in [2.24, 2.45) is 18.0 Å². The second-order valence-corrected chi connectivity index (χ2v) is 8.32. The quantitative estimate of drug-likeness (QED) is 0.558. The van der Waals surface area contributed by atoms with Gasteiger partial charge in [0.15, 0.2) is 5.96 Å². The van der Waals surface area contributed by atoms with E-state index in [9.17, 15) is 0 Å². The standard InChI is InChI=1S/C22H33ClN6/c1-6-24-22(26-13-20-16(3)27-28(5)17(20)4)25-12-18-9-10-29(14-18)21-11-19(23)8-7-15(21)2/h7-8,11,18H,6,9-10,12-14H2,1-5H3,(H2,24,25,26). The lowest BCUT2D eigenvalue weighted by molar-refractivity contribution is 0.565. The van der Waals surface area contributed by atoms with E-state index in [2.05, 4.69) is 53.5 Å². The lowest BCUT2D eigenvalue weighted by atomic mass is 10.1. The van der Waals surface area contributed by atoms with E-state index in [0.29, 0.717) is 12.5 Å². The molecular formula is C22H33ClN6. The molecule has 2 heterocycles. The maximum atomic E-state index is 6.21. The van der Waals surface area contributed by atoms with Gasteiger partial charge >= 0.3 is 0 Å². The Balaban J connectivity index is 1.59. The molecule has 29 heavy (non-hydrogen) atoms. The Morgan fingerprint density at radius 3 is 2.76 bits per heavy atom. The minimum absolute atomic E-state index is 0.583. The van der Waals surface area contributed by atoms with E-state index in [1.54, 1.807) is 0 Å². The summed E-state index contributed by atoms with van der Waals surface area (Å²) < 4.78 is 1.92. The van der Waals surface area contributed by atoms with Crippen LogP contribution in [0.2, 0.25) is 5.02 Å². The fourth-order valence-electron chi connectivity index (χ4n) is 3.93. The summed E-state index contributed by atoms with van der Waals surface area (Å²) in [7, 11) is 1.98. The molecule has 0 radical (unpaired) electrons. The van der Waals surface area contributed by atoms with Crippen LogP contribution in [0.25, 0.3) is 0 Å². The molecule has 7 heteroatoms. The van der Waals surface area contributed by atoms with Gasteiger partial charge in [0.1, 0.15) is 0 Å². The topological polar surface area (TPSA) is 57.5 Å². The van der Waals surface area contributed by atoms with Crippen LogP contribution in [0.15, 0.2) is 23.2 Å². The third-order valence-corrected chi connectivity index (χ3v) is 5.99. The summed E-state index contributed by atoms with van der Waals surface area (Å²) in [4.78, 5) is 7.24. The average Bonchev–Trinajstić information content (AvgIpc) is 3.25. The summed E-state index contributed by atoms with van der Waals surface area (Å²) in [5.74, 6) is 1.45. The zero-order valence-electron chi connectivity index (χ0n) is 18.2. The van der Waals surface area contributed by atoms with Gasteiger partial charge in [0.2, 0.25) is 0 Å². The molecule has 1 aliphatic heterocycles. The van der Waals surface area contributed by atoms with Crippen molar-refractivity contribution >= 4 is 23.2 Å². The molecular weight excluding hydrogens is 384 g/mol. The molecule has 2 aromatic rings. The van der Waals surface area contributed by atoms with Crippen molar-refractivity contribution in [3.05, 3.63) is 45.7 Å². The number of anilines is 1. The van der Waals surface area contributed by atoms with Crippen LogP contribution in [0.5, 0.6) is 0 Å². The molecule has 158 valence electrons. The van der Waals surface area contributed by atoms with Crippen LogP contribution in [0.3, 0.4) is 0 Å². The molecule has 1 aromatic heterocycles. The van der Waals surface area contributed by atoms with Crippen molar-refractivity contribution in [1.82, 2.24) is 20.4 Å². The maximum Gasteiger partial charge on any atom is 0.191 e. The monoisotopic (exact) mass is 416 g/mol. The van der Waals surface area contributed by atoms with Crippen LogP contribution in [0, 0.1) is 26.7 Å². The minimum atomic E-state index is 0.583. The molecule has 0 saturated carbocycles. The summed E-state index contributed by atoms with van der Waals surface area (Å²) in [6, 6.07) is 6.14. The van der Waals surface area contributed by atoms with E-state index in [4.69, 9.17) is 16.6 Å². The van der Waals surface area contributed by atoms with Crippen LogP contribution in [0.1, 0.15) is 35.9 Å². The molecule has 1 saturated heterocycles. The van der Waals surface area contributed by atoms with Gasteiger partial charge in [-0.15, -0.1) is 0 Å². The second kappa shape index (κ2) is 9.53. The highest BCUT2D eigenvalue weighted by Gasteiger charge is 2.24. The third-order valence-electron chi connectivity index (χ3n) is 5.75. The number of aryl methyl sites for hydroxylation is 3. The molecule has 1 atom stereocenters. The predicted octanol–water partition coefficient (Wildman–Crippen LogP) is 3.58. The molecule has 3 rings (SSSR count). The van der Waals surface area contributed by atoms with Crippen LogP contribution in [0.4, 0.5) is 5.69 Å². The number of rotatable bonds is 6. The van der Waals surface area contributed by atoms with Crippen LogP contribution in [-0.4, -0.2) is 41.9 Å². The number of nitrogens with zero attached hydrogens (tertiary/aromatic N) is 4. The van der Waals surface area contributed by atoms with E-state index in [1.165, 1.54) is 28.9 Å². The molecule has 1 unspecified atom stereocenters. The van der Waals surface area contributed by atoms with Gasteiger partial charge in [0.05, 0.1) is 12.2 Å². The molecule has 0 bridgehead atoms. The van der Waals surface area contributed by atoms with E-state index >= 15 is 0 Å². The second-order valence-electron chi connectivity index (χ2n) is 7.88. The fraction of sp³-hybridized carbons (Fsp3) is 0.545. The number of guanidine groups is 1. The van der Waals surface area contributed by atoms with E-state index in [1.807, 2.05) is 24.7 Å². The van der Waals surface area contributed by atoms with Crippen LogP contribution >= 0.6 is 11.6 Å². The molecule has 0 aliphatic carbocycles. The van der Waals surface area contributed by atoms with Crippen molar-refractivity contribution < 1.29 is 0 Å². The van der Waals surface area contributed by atoms with Crippen molar-refractivity contribution in [2.75, 3.05) is 31.1 Å².